The highest BCUT2D eigenvalue weighted by molar-refractivity contribution is 7.18. The molecule has 0 fully saturated rings. The van der Waals surface area contributed by atoms with Gasteiger partial charge in [-0.25, -0.2) is 4.98 Å². The lowest BCUT2D eigenvalue weighted by Gasteiger charge is -2.19. The maximum Gasteiger partial charge on any atom is 0.279 e. The molecular formula is C19H22N3OS+. The fourth-order valence-electron chi connectivity index (χ4n) is 2.62. The number of rotatable bonds is 5. The SMILES string of the molecule is Cc1cccc(NC(=O)C[NH+](C)[C@@H](C)c2nc3ccccc3s2)c1. The Hall–Kier alpha value is -2.24. The van der Waals surface area contributed by atoms with Crippen molar-refractivity contribution >= 4 is 33.1 Å². The van der Waals surface area contributed by atoms with Crippen molar-refractivity contribution in [2.24, 2.45) is 0 Å². The first-order valence-electron chi connectivity index (χ1n) is 8.07. The summed E-state index contributed by atoms with van der Waals surface area (Å²) in [6.07, 6.45) is 0. The Labute approximate surface area is 146 Å². The van der Waals surface area contributed by atoms with Gasteiger partial charge in [0.1, 0.15) is 6.04 Å². The minimum Gasteiger partial charge on any atom is -0.322 e. The lowest BCUT2D eigenvalue weighted by atomic mass is 10.2. The van der Waals surface area contributed by atoms with Crippen LogP contribution >= 0.6 is 11.3 Å². The maximum absolute atomic E-state index is 12.3. The van der Waals surface area contributed by atoms with E-state index < -0.39 is 0 Å². The summed E-state index contributed by atoms with van der Waals surface area (Å²) in [7, 11) is 2.03. The number of benzene rings is 2. The standard InChI is InChI=1S/C19H21N3OS/c1-13-7-6-8-15(11-13)20-18(23)12-22(3)14(2)19-21-16-9-4-5-10-17(16)24-19/h4-11,14H,12H2,1-3H3,(H,20,23)/p+1/t14-/m0/s1. The number of anilines is 1. The number of carbonyl (C=O) groups is 1. The number of carbonyl (C=O) groups excluding carboxylic acids is 1. The normalized spacial score (nSPS) is 13.6. The molecule has 0 saturated heterocycles. The zero-order chi connectivity index (χ0) is 17.1. The molecule has 2 aromatic carbocycles. The van der Waals surface area contributed by atoms with Crippen LogP contribution in [0.1, 0.15) is 23.5 Å². The molecule has 0 aliphatic rings. The van der Waals surface area contributed by atoms with Gasteiger partial charge in [-0.05, 0) is 43.7 Å². The number of fused-ring (bicyclic) bond motifs is 1. The summed E-state index contributed by atoms with van der Waals surface area (Å²) < 4.78 is 1.19. The summed E-state index contributed by atoms with van der Waals surface area (Å²) in [5.41, 5.74) is 3.01. The average Bonchev–Trinajstić information content (AvgIpc) is 2.97. The van der Waals surface area contributed by atoms with Gasteiger partial charge in [-0.2, -0.15) is 0 Å². The number of aryl methyl sites for hydroxylation is 1. The molecule has 1 unspecified atom stereocenters. The average molecular weight is 340 g/mol. The van der Waals surface area contributed by atoms with Crippen molar-refractivity contribution in [1.82, 2.24) is 4.98 Å². The van der Waals surface area contributed by atoms with Gasteiger partial charge >= 0.3 is 0 Å². The first kappa shape index (κ1) is 16.6. The van der Waals surface area contributed by atoms with E-state index in [4.69, 9.17) is 4.98 Å². The van der Waals surface area contributed by atoms with Crippen LogP contribution in [0.4, 0.5) is 5.69 Å². The highest BCUT2D eigenvalue weighted by Gasteiger charge is 2.22. The van der Waals surface area contributed by atoms with E-state index in [0.29, 0.717) is 6.54 Å². The topological polar surface area (TPSA) is 46.4 Å². The number of para-hydroxylation sites is 1. The molecule has 0 aliphatic heterocycles. The molecule has 1 heterocycles. The largest absolute Gasteiger partial charge is 0.322 e. The number of hydrogen-bond acceptors (Lipinski definition) is 3. The fourth-order valence-corrected chi connectivity index (χ4v) is 3.73. The molecule has 124 valence electrons. The van der Waals surface area contributed by atoms with Gasteiger partial charge in [-0.1, -0.05) is 24.3 Å². The number of thiazole rings is 1. The van der Waals surface area contributed by atoms with Crippen molar-refractivity contribution in [3.8, 4) is 0 Å². The number of quaternary nitrogens is 1. The number of hydrogen-bond donors (Lipinski definition) is 2. The number of nitrogens with one attached hydrogen (secondary N) is 2. The van der Waals surface area contributed by atoms with Crippen molar-refractivity contribution in [3.05, 3.63) is 59.1 Å². The second-order valence-electron chi connectivity index (χ2n) is 6.18. The summed E-state index contributed by atoms with van der Waals surface area (Å²) >= 11 is 1.70. The highest BCUT2D eigenvalue weighted by Crippen LogP contribution is 2.24. The van der Waals surface area contributed by atoms with E-state index in [-0.39, 0.29) is 11.9 Å². The number of amides is 1. The summed E-state index contributed by atoms with van der Waals surface area (Å²) in [5, 5.41) is 4.04. The molecule has 0 bridgehead atoms. The van der Waals surface area contributed by atoms with Crippen LogP contribution in [0.3, 0.4) is 0 Å². The Morgan fingerprint density at radius 2 is 2.04 bits per heavy atom. The van der Waals surface area contributed by atoms with Gasteiger partial charge in [0.25, 0.3) is 5.91 Å². The molecule has 1 amide bonds. The Morgan fingerprint density at radius 3 is 2.79 bits per heavy atom. The van der Waals surface area contributed by atoms with Gasteiger partial charge in [-0.3, -0.25) is 4.79 Å². The van der Waals surface area contributed by atoms with Gasteiger partial charge in [-0.15, -0.1) is 11.3 Å². The molecule has 4 nitrogen and oxygen atoms in total. The number of nitrogens with zero attached hydrogens (tertiary/aromatic N) is 1. The fraction of sp³-hybridized carbons (Fsp3) is 0.263. The molecule has 2 atom stereocenters. The monoisotopic (exact) mass is 340 g/mol. The minimum atomic E-state index is 0.0195. The van der Waals surface area contributed by atoms with Crippen molar-refractivity contribution in [2.45, 2.75) is 19.9 Å². The van der Waals surface area contributed by atoms with Gasteiger partial charge in [0.2, 0.25) is 0 Å². The molecule has 0 aliphatic carbocycles. The predicted molar refractivity (Wildman–Crippen MR) is 99.6 cm³/mol. The predicted octanol–water partition coefficient (Wildman–Crippen LogP) is 2.82. The van der Waals surface area contributed by atoms with Gasteiger partial charge < -0.3 is 10.2 Å². The molecule has 3 aromatic rings. The molecule has 3 rings (SSSR count). The van der Waals surface area contributed by atoms with Gasteiger partial charge in [0, 0.05) is 5.69 Å². The third-order valence-electron chi connectivity index (χ3n) is 4.16. The van der Waals surface area contributed by atoms with Crippen molar-refractivity contribution in [2.75, 3.05) is 18.9 Å². The third-order valence-corrected chi connectivity index (χ3v) is 5.38. The van der Waals surface area contributed by atoms with Crippen LogP contribution in [0.25, 0.3) is 10.2 Å². The Kier molecular flexibility index (Phi) is 4.92. The van der Waals surface area contributed by atoms with E-state index in [1.54, 1.807) is 11.3 Å². The Bertz CT molecular complexity index is 825. The highest BCUT2D eigenvalue weighted by atomic mass is 32.1. The zero-order valence-electron chi connectivity index (χ0n) is 14.2. The molecule has 2 N–H and O–H groups in total. The third kappa shape index (κ3) is 3.80. The summed E-state index contributed by atoms with van der Waals surface area (Å²) in [4.78, 5) is 18.1. The Balaban J connectivity index is 1.65. The van der Waals surface area contributed by atoms with Crippen LogP contribution < -0.4 is 10.2 Å². The van der Waals surface area contributed by atoms with Gasteiger partial charge in [0.05, 0.1) is 17.3 Å². The van der Waals surface area contributed by atoms with Crippen molar-refractivity contribution < 1.29 is 9.69 Å². The second kappa shape index (κ2) is 7.11. The van der Waals surface area contributed by atoms with Crippen LogP contribution in [0.5, 0.6) is 0 Å². The quantitative estimate of drug-likeness (QED) is 0.750. The molecule has 1 aromatic heterocycles. The van der Waals surface area contributed by atoms with Crippen LogP contribution in [-0.2, 0) is 4.79 Å². The molecule has 0 spiro atoms. The van der Waals surface area contributed by atoms with E-state index in [1.165, 1.54) is 4.70 Å². The van der Waals surface area contributed by atoms with Gasteiger partial charge in [0.15, 0.2) is 11.6 Å². The smallest absolute Gasteiger partial charge is 0.279 e. The lowest BCUT2D eigenvalue weighted by Crippen LogP contribution is -3.10. The molecular weight excluding hydrogens is 318 g/mol. The summed E-state index contributed by atoms with van der Waals surface area (Å²) in [6, 6.07) is 16.2. The van der Waals surface area contributed by atoms with Crippen LogP contribution in [0.2, 0.25) is 0 Å². The second-order valence-corrected chi connectivity index (χ2v) is 7.24. The molecule has 0 radical (unpaired) electrons. The molecule has 5 heteroatoms. The zero-order valence-corrected chi connectivity index (χ0v) is 15.0. The van der Waals surface area contributed by atoms with E-state index in [9.17, 15) is 4.79 Å². The first-order chi connectivity index (χ1) is 11.5. The van der Waals surface area contributed by atoms with E-state index >= 15 is 0 Å². The van der Waals surface area contributed by atoms with E-state index in [0.717, 1.165) is 26.7 Å². The first-order valence-corrected chi connectivity index (χ1v) is 8.89. The van der Waals surface area contributed by atoms with E-state index in [1.807, 2.05) is 56.4 Å². The molecule has 0 saturated carbocycles. The number of aromatic nitrogens is 1. The maximum atomic E-state index is 12.3. The summed E-state index contributed by atoms with van der Waals surface area (Å²) in [5.74, 6) is 0.0195. The van der Waals surface area contributed by atoms with Crippen LogP contribution in [-0.4, -0.2) is 24.5 Å². The minimum absolute atomic E-state index is 0.0195. The van der Waals surface area contributed by atoms with Crippen molar-refractivity contribution in [3.63, 3.8) is 0 Å². The van der Waals surface area contributed by atoms with Crippen LogP contribution in [0, 0.1) is 6.92 Å². The van der Waals surface area contributed by atoms with Crippen molar-refractivity contribution in [1.29, 1.82) is 0 Å². The molecule has 24 heavy (non-hydrogen) atoms. The number of likely N-dealkylation sites (N-methyl/N-ethyl adjacent to an activating group) is 1. The summed E-state index contributed by atoms with van der Waals surface area (Å²) in [6.45, 7) is 4.54. The van der Waals surface area contributed by atoms with Crippen LogP contribution in [0.15, 0.2) is 48.5 Å². The Morgan fingerprint density at radius 1 is 1.25 bits per heavy atom. The lowest BCUT2D eigenvalue weighted by molar-refractivity contribution is -0.902. The van der Waals surface area contributed by atoms with E-state index in [2.05, 4.69) is 18.3 Å².